The fraction of sp³-hybridized carbons (Fsp3) is 0.538. The van der Waals surface area contributed by atoms with Gasteiger partial charge < -0.3 is 5.32 Å². The summed E-state index contributed by atoms with van der Waals surface area (Å²) in [7, 11) is 0. The molecule has 1 fully saturated rings. The van der Waals surface area contributed by atoms with Crippen LogP contribution in [0.25, 0.3) is 0 Å². The van der Waals surface area contributed by atoms with Crippen molar-refractivity contribution in [1.29, 1.82) is 0 Å². The highest BCUT2D eigenvalue weighted by molar-refractivity contribution is 9.10. The molecule has 0 saturated heterocycles. The molecule has 18 heavy (non-hydrogen) atoms. The standard InChI is InChI=1S/C13H17BrN2O2/c1-2-9-4-3-5-12(9)15-10-6-7-11(14)13(8-10)16(17)18/h6-9,12,15H,2-5H2,1H3. The van der Waals surface area contributed by atoms with Gasteiger partial charge in [0.15, 0.2) is 0 Å². The molecular formula is C13H17BrN2O2. The third-order valence-corrected chi connectivity index (χ3v) is 4.35. The summed E-state index contributed by atoms with van der Waals surface area (Å²) in [6, 6.07) is 5.68. The third-order valence-electron chi connectivity index (χ3n) is 3.68. The van der Waals surface area contributed by atoms with Crippen molar-refractivity contribution < 1.29 is 4.92 Å². The van der Waals surface area contributed by atoms with E-state index in [1.165, 1.54) is 12.8 Å². The van der Waals surface area contributed by atoms with E-state index in [1.807, 2.05) is 6.07 Å². The Morgan fingerprint density at radius 3 is 2.94 bits per heavy atom. The Hall–Kier alpha value is -1.10. The molecule has 2 unspecified atom stereocenters. The third kappa shape index (κ3) is 2.83. The van der Waals surface area contributed by atoms with Gasteiger partial charge in [-0.15, -0.1) is 0 Å². The quantitative estimate of drug-likeness (QED) is 0.664. The van der Waals surface area contributed by atoms with Crippen LogP contribution in [-0.4, -0.2) is 11.0 Å². The number of nitro groups is 1. The number of hydrogen-bond donors (Lipinski definition) is 1. The second-order valence-electron chi connectivity index (χ2n) is 4.77. The van der Waals surface area contributed by atoms with Crippen LogP contribution in [0, 0.1) is 16.0 Å². The second kappa shape index (κ2) is 5.69. The van der Waals surface area contributed by atoms with Crippen molar-refractivity contribution in [2.75, 3.05) is 5.32 Å². The fourth-order valence-electron chi connectivity index (χ4n) is 2.67. The lowest BCUT2D eigenvalue weighted by molar-refractivity contribution is -0.385. The van der Waals surface area contributed by atoms with Crippen molar-refractivity contribution >= 4 is 27.3 Å². The molecule has 0 amide bonds. The van der Waals surface area contributed by atoms with Gasteiger partial charge in [-0.1, -0.05) is 19.8 Å². The molecule has 98 valence electrons. The molecule has 2 rings (SSSR count). The number of anilines is 1. The molecule has 1 N–H and O–H groups in total. The van der Waals surface area contributed by atoms with Crippen LogP contribution in [-0.2, 0) is 0 Å². The zero-order valence-electron chi connectivity index (χ0n) is 10.4. The second-order valence-corrected chi connectivity index (χ2v) is 5.63. The number of halogens is 1. The van der Waals surface area contributed by atoms with Gasteiger partial charge in [0.1, 0.15) is 0 Å². The van der Waals surface area contributed by atoms with Crippen LogP contribution in [0.4, 0.5) is 11.4 Å². The van der Waals surface area contributed by atoms with Crippen LogP contribution < -0.4 is 5.32 Å². The Morgan fingerprint density at radius 2 is 2.28 bits per heavy atom. The normalized spacial score (nSPS) is 23.0. The molecule has 4 nitrogen and oxygen atoms in total. The van der Waals surface area contributed by atoms with Crippen molar-refractivity contribution in [3.8, 4) is 0 Å². The Labute approximate surface area is 115 Å². The first-order valence-corrected chi connectivity index (χ1v) is 7.11. The van der Waals surface area contributed by atoms with Crippen molar-refractivity contribution in [3.05, 3.63) is 32.8 Å². The molecule has 1 aromatic rings. The van der Waals surface area contributed by atoms with Crippen LogP contribution in [0.15, 0.2) is 22.7 Å². The van der Waals surface area contributed by atoms with Crippen molar-refractivity contribution in [2.24, 2.45) is 5.92 Å². The summed E-state index contributed by atoms with van der Waals surface area (Å²) in [5.41, 5.74) is 0.960. The van der Waals surface area contributed by atoms with E-state index < -0.39 is 0 Å². The lowest BCUT2D eigenvalue weighted by Crippen LogP contribution is -2.23. The van der Waals surface area contributed by atoms with Crippen molar-refractivity contribution in [3.63, 3.8) is 0 Å². The van der Waals surface area contributed by atoms with Gasteiger partial charge in [-0.3, -0.25) is 10.1 Å². The SMILES string of the molecule is CCC1CCCC1Nc1ccc(Br)c([N+](=O)[O-])c1. The maximum absolute atomic E-state index is 10.9. The van der Waals surface area contributed by atoms with E-state index in [4.69, 9.17) is 0 Å². The highest BCUT2D eigenvalue weighted by Gasteiger charge is 2.26. The summed E-state index contributed by atoms with van der Waals surface area (Å²) >= 11 is 3.20. The number of nitrogens with zero attached hydrogens (tertiary/aromatic N) is 1. The number of rotatable bonds is 4. The topological polar surface area (TPSA) is 55.2 Å². The van der Waals surface area contributed by atoms with E-state index in [1.54, 1.807) is 12.1 Å². The van der Waals surface area contributed by atoms with Gasteiger partial charge >= 0.3 is 0 Å². The van der Waals surface area contributed by atoms with Crippen LogP contribution in [0.1, 0.15) is 32.6 Å². The lowest BCUT2D eigenvalue weighted by atomic mass is 10.0. The van der Waals surface area contributed by atoms with Gasteiger partial charge in [0.2, 0.25) is 0 Å². The molecule has 0 aliphatic heterocycles. The Bertz CT molecular complexity index is 451. The molecule has 1 aliphatic rings. The summed E-state index contributed by atoms with van der Waals surface area (Å²) < 4.78 is 0.525. The molecule has 0 spiro atoms. The van der Waals surface area contributed by atoms with Gasteiger partial charge in [-0.2, -0.15) is 0 Å². The molecule has 5 heteroatoms. The van der Waals surface area contributed by atoms with E-state index in [9.17, 15) is 10.1 Å². The van der Waals surface area contributed by atoms with Gasteiger partial charge in [0.25, 0.3) is 5.69 Å². The fourth-order valence-corrected chi connectivity index (χ4v) is 3.06. The Morgan fingerprint density at radius 1 is 1.50 bits per heavy atom. The zero-order valence-corrected chi connectivity index (χ0v) is 11.9. The molecule has 0 heterocycles. The van der Waals surface area contributed by atoms with Crippen LogP contribution in [0.5, 0.6) is 0 Å². The number of nitrogens with one attached hydrogen (secondary N) is 1. The highest BCUT2D eigenvalue weighted by Crippen LogP contribution is 2.33. The minimum absolute atomic E-state index is 0.117. The first-order chi connectivity index (χ1) is 8.61. The van der Waals surface area contributed by atoms with E-state index in [2.05, 4.69) is 28.2 Å². The molecule has 0 bridgehead atoms. The van der Waals surface area contributed by atoms with Crippen molar-refractivity contribution in [1.82, 2.24) is 0 Å². The largest absolute Gasteiger partial charge is 0.382 e. The smallest absolute Gasteiger partial charge is 0.285 e. The van der Waals surface area contributed by atoms with Gasteiger partial charge in [-0.25, -0.2) is 0 Å². The molecule has 0 radical (unpaired) electrons. The first-order valence-electron chi connectivity index (χ1n) is 6.32. The number of hydrogen-bond acceptors (Lipinski definition) is 3. The number of nitro benzene ring substituents is 1. The number of benzene rings is 1. The molecule has 0 aromatic heterocycles. The Balaban J connectivity index is 2.14. The maximum Gasteiger partial charge on any atom is 0.285 e. The van der Waals surface area contributed by atoms with E-state index in [-0.39, 0.29) is 10.6 Å². The Kier molecular flexibility index (Phi) is 4.22. The summed E-state index contributed by atoms with van der Waals surface area (Å²) in [6.45, 7) is 2.20. The molecule has 1 aliphatic carbocycles. The minimum atomic E-state index is -0.360. The molecule has 1 aromatic carbocycles. The predicted octanol–water partition coefficient (Wildman–Crippen LogP) is 4.35. The van der Waals surface area contributed by atoms with Gasteiger partial charge in [0.05, 0.1) is 9.40 Å². The average molecular weight is 313 g/mol. The average Bonchev–Trinajstić information content (AvgIpc) is 2.78. The van der Waals surface area contributed by atoms with Gasteiger partial charge in [0, 0.05) is 17.8 Å². The highest BCUT2D eigenvalue weighted by atomic mass is 79.9. The van der Waals surface area contributed by atoms with E-state index in [0.29, 0.717) is 16.4 Å². The van der Waals surface area contributed by atoms with Gasteiger partial charge in [-0.05, 0) is 46.8 Å². The summed E-state index contributed by atoms with van der Waals surface area (Å²) in [5.74, 6) is 0.688. The van der Waals surface area contributed by atoms with Crippen LogP contribution in [0.3, 0.4) is 0 Å². The van der Waals surface area contributed by atoms with Crippen LogP contribution in [0.2, 0.25) is 0 Å². The predicted molar refractivity (Wildman–Crippen MR) is 75.8 cm³/mol. The zero-order chi connectivity index (χ0) is 13.1. The molecular weight excluding hydrogens is 296 g/mol. The monoisotopic (exact) mass is 312 g/mol. The van der Waals surface area contributed by atoms with E-state index >= 15 is 0 Å². The maximum atomic E-state index is 10.9. The molecule has 2 atom stereocenters. The molecule has 1 saturated carbocycles. The summed E-state index contributed by atoms with van der Waals surface area (Å²) in [5, 5.41) is 14.3. The summed E-state index contributed by atoms with van der Waals surface area (Å²) in [4.78, 5) is 10.5. The minimum Gasteiger partial charge on any atom is -0.382 e. The van der Waals surface area contributed by atoms with Crippen LogP contribution >= 0.6 is 15.9 Å². The first kappa shape index (κ1) is 13.3. The lowest BCUT2D eigenvalue weighted by Gasteiger charge is -2.20. The van der Waals surface area contributed by atoms with Crippen molar-refractivity contribution in [2.45, 2.75) is 38.6 Å². The van der Waals surface area contributed by atoms with E-state index in [0.717, 1.165) is 18.5 Å². The summed E-state index contributed by atoms with van der Waals surface area (Å²) in [6.07, 6.45) is 4.82.